The van der Waals surface area contributed by atoms with Crippen LogP contribution in [0.1, 0.15) is 38.3 Å². The van der Waals surface area contributed by atoms with Crippen LogP contribution in [0.2, 0.25) is 0 Å². The number of aryl methyl sites for hydroxylation is 2. The zero-order chi connectivity index (χ0) is 19.4. The van der Waals surface area contributed by atoms with E-state index >= 15 is 0 Å². The molecule has 7 heteroatoms. The van der Waals surface area contributed by atoms with Crippen molar-refractivity contribution in [1.82, 2.24) is 10.2 Å². The Morgan fingerprint density at radius 3 is 2.46 bits per heavy atom. The van der Waals surface area contributed by atoms with Gasteiger partial charge in [0.25, 0.3) is 5.91 Å². The largest absolute Gasteiger partial charge is 0.450 e. The molecule has 0 spiro atoms. The van der Waals surface area contributed by atoms with E-state index in [2.05, 4.69) is 10.2 Å². The molecule has 1 aliphatic rings. The average Bonchev–Trinajstić information content (AvgIpc) is 3.24. The lowest BCUT2D eigenvalue weighted by atomic mass is 9.98. The number of amides is 1. The maximum atomic E-state index is 13.3. The van der Waals surface area contributed by atoms with E-state index in [1.54, 1.807) is 24.3 Å². The predicted molar refractivity (Wildman–Crippen MR) is 107 cm³/mol. The molecule has 0 radical (unpaired) electrons. The molecule has 1 amide bonds. The minimum absolute atomic E-state index is 0.0714. The highest BCUT2D eigenvalue weighted by molar-refractivity contribution is 7.15. The molecule has 138 valence electrons. The van der Waals surface area contributed by atoms with E-state index in [-0.39, 0.29) is 17.1 Å². The zero-order valence-electron chi connectivity index (χ0n) is 15.2. The van der Waals surface area contributed by atoms with Crippen LogP contribution in [0.25, 0.3) is 11.0 Å². The summed E-state index contributed by atoms with van der Waals surface area (Å²) in [4.78, 5) is 28.1. The van der Waals surface area contributed by atoms with Crippen molar-refractivity contribution in [3.63, 3.8) is 0 Å². The Morgan fingerprint density at radius 2 is 1.75 bits per heavy atom. The van der Waals surface area contributed by atoms with Gasteiger partial charge >= 0.3 is 0 Å². The van der Waals surface area contributed by atoms with Crippen molar-refractivity contribution in [3.05, 3.63) is 86.2 Å². The van der Waals surface area contributed by atoms with E-state index in [1.165, 1.54) is 16.2 Å². The Morgan fingerprint density at radius 1 is 1.00 bits per heavy atom. The molecule has 2 aromatic carbocycles. The maximum absolute atomic E-state index is 13.3. The lowest BCUT2D eigenvalue weighted by Crippen LogP contribution is -2.29. The number of fused-ring (bicyclic) bond motifs is 2. The molecule has 2 aromatic heterocycles. The summed E-state index contributed by atoms with van der Waals surface area (Å²) in [6.07, 6.45) is 0. The van der Waals surface area contributed by atoms with Crippen LogP contribution in [0.4, 0.5) is 5.13 Å². The number of rotatable bonds is 2. The van der Waals surface area contributed by atoms with Crippen LogP contribution in [0, 0.1) is 13.8 Å². The van der Waals surface area contributed by atoms with E-state index in [0.29, 0.717) is 21.7 Å². The first-order valence-electron chi connectivity index (χ1n) is 8.80. The van der Waals surface area contributed by atoms with E-state index in [9.17, 15) is 9.59 Å². The first kappa shape index (κ1) is 16.8. The third kappa shape index (κ3) is 2.40. The molecule has 0 bridgehead atoms. The molecule has 0 saturated heterocycles. The predicted octanol–water partition coefficient (Wildman–Crippen LogP) is 4.01. The van der Waals surface area contributed by atoms with Gasteiger partial charge in [-0.15, -0.1) is 10.2 Å². The summed E-state index contributed by atoms with van der Waals surface area (Å²) in [5.41, 5.74) is 2.47. The van der Waals surface area contributed by atoms with E-state index in [4.69, 9.17) is 4.42 Å². The third-order valence-corrected chi connectivity index (χ3v) is 5.73. The van der Waals surface area contributed by atoms with Crippen LogP contribution in [-0.2, 0) is 0 Å². The molecule has 1 atom stereocenters. The molecule has 0 saturated carbocycles. The third-order valence-electron chi connectivity index (χ3n) is 4.89. The number of para-hydroxylation sites is 1. The molecule has 4 aromatic rings. The molecular weight excluding hydrogens is 374 g/mol. The van der Waals surface area contributed by atoms with E-state index < -0.39 is 6.04 Å². The van der Waals surface area contributed by atoms with Crippen LogP contribution < -0.4 is 10.3 Å². The number of aromatic nitrogens is 2. The molecule has 0 N–H and O–H groups in total. The molecule has 1 aliphatic heterocycles. The van der Waals surface area contributed by atoms with Crippen molar-refractivity contribution in [2.75, 3.05) is 4.90 Å². The highest BCUT2D eigenvalue weighted by Crippen LogP contribution is 2.41. The van der Waals surface area contributed by atoms with Gasteiger partial charge in [-0.1, -0.05) is 53.3 Å². The molecule has 0 fully saturated rings. The lowest BCUT2D eigenvalue weighted by molar-refractivity contribution is 0.0970. The van der Waals surface area contributed by atoms with Crippen molar-refractivity contribution in [2.45, 2.75) is 19.9 Å². The average molecular weight is 389 g/mol. The van der Waals surface area contributed by atoms with Gasteiger partial charge in [0, 0.05) is 0 Å². The summed E-state index contributed by atoms with van der Waals surface area (Å²) >= 11 is 1.31. The second-order valence-corrected chi connectivity index (χ2v) is 7.92. The molecule has 0 unspecified atom stereocenters. The topological polar surface area (TPSA) is 76.3 Å². The molecule has 0 aliphatic carbocycles. The number of nitrogens with zero attached hydrogens (tertiary/aromatic N) is 3. The molecule has 3 heterocycles. The summed E-state index contributed by atoms with van der Waals surface area (Å²) in [5.74, 6) is -0.304. The van der Waals surface area contributed by atoms with Gasteiger partial charge in [0.1, 0.15) is 10.6 Å². The smallest absolute Gasteiger partial charge is 0.297 e. The normalized spacial score (nSPS) is 16.0. The Labute approximate surface area is 164 Å². The number of benzene rings is 2. The minimum atomic E-state index is -0.601. The Hall–Kier alpha value is -3.32. The van der Waals surface area contributed by atoms with Crippen molar-refractivity contribution in [1.29, 1.82) is 0 Å². The highest BCUT2D eigenvalue weighted by atomic mass is 32.1. The fraction of sp³-hybridized carbons (Fsp3) is 0.143. The van der Waals surface area contributed by atoms with Crippen molar-refractivity contribution in [3.8, 4) is 0 Å². The fourth-order valence-corrected chi connectivity index (χ4v) is 4.28. The Balaban J connectivity index is 1.82. The van der Waals surface area contributed by atoms with E-state index in [0.717, 1.165) is 16.1 Å². The summed E-state index contributed by atoms with van der Waals surface area (Å²) in [6.45, 7) is 3.82. The van der Waals surface area contributed by atoms with Gasteiger partial charge in [0.2, 0.25) is 10.9 Å². The van der Waals surface area contributed by atoms with Gasteiger partial charge in [-0.2, -0.15) is 0 Å². The zero-order valence-corrected chi connectivity index (χ0v) is 16.0. The standard InChI is InChI=1S/C21H15N3O3S/c1-11-7-9-13(10-8-11)17-16-18(25)14-5-3-4-6-15(14)27-19(16)20(26)24(17)21-23-22-12(2)28-21/h3-10,17H,1-2H3/t17-/m0/s1. The second kappa shape index (κ2) is 6.10. The number of hydrogen-bond donors (Lipinski definition) is 0. The highest BCUT2D eigenvalue weighted by Gasteiger charge is 2.45. The van der Waals surface area contributed by atoms with Gasteiger partial charge < -0.3 is 4.42 Å². The van der Waals surface area contributed by atoms with Crippen molar-refractivity contribution < 1.29 is 9.21 Å². The van der Waals surface area contributed by atoms with Gasteiger partial charge in [-0.3, -0.25) is 14.5 Å². The Bertz CT molecular complexity index is 1290. The van der Waals surface area contributed by atoms with Crippen LogP contribution in [-0.4, -0.2) is 16.1 Å². The van der Waals surface area contributed by atoms with E-state index in [1.807, 2.05) is 38.1 Å². The maximum Gasteiger partial charge on any atom is 0.297 e. The van der Waals surface area contributed by atoms with Crippen LogP contribution >= 0.6 is 11.3 Å². The summed E-state index contributed by atoms with van der Waals surface area (Å²) in [5, 5.41) is 9.85. The lowest BCUT2D eigenvalue weighted by Gasteiger charge is -2.22. The van der Waals surface area contributed by atoms with Gasteiger partial charge in [-0.25, -0.2) is 0 Å². The number of anilines is 1. The summed E-state index contributed by atoms with van der Waals surface area (Å²) in [6, 6.07) is 14.2. The van der Waals surface area contributed by atoms with Gasteiger partial charge in [0.15, 0.2) is 5.43 Å². The molecule has 6 nitrogen and oxygen atoms in total. The number of carbonyl (C=O) groups is 1. The summed E-state index contributed by atoms with van der Waals surface area (Å²) < 4.78 is 5.90. The fourth-order valence-electron chi connectivity index (χ4n) is 3.56. The van der Waals surface area contributed by atoms with Gasteiger partial charge in [0.05, 0.1) is 17.0 Å². The van der Waals surface area contributed by atoms with Crippen LogP contribution in [0.15, 0.2) is 57.7 Å². The van der Waals surface area contributed by atoms with Crippen LogP contribution in [0.5, 0.6) is 0 Å². The first-order chi connectivity index (χ1) is 13.5. The van der Waals surface area contributed by atoms with Crippen molar-refractivity contribution in [2.24, 2.45) is 0 Å². The molecular formula is C21H15N3O3S. The van der Waals surface area contributed by atoms with Crippen molar-refractivity contribution >= 4 is 33.3 Å². The monoisotopic (exact) mass is 389 g/mol. The quantitative estimate of drug-likeness (QED) is 0.518. The number of carbonyl (C=O) groups excluding carboxylic acids is 1. The summed E-state index contributed by atoms with van der Waals surface area (Å²) in [7, 11) is 0. The first-order valence-corrected chi connectivity index (χ1v) is 9.62. The number of hydrogen-bond acceptors (Lipinski definition) is 6. The molecule has 5 rings (SSSR count). The second-order valence-electron chi connectivity index (χ2n) is 6.76. The molecule has 28 heavy (non-hydrogen) atoms. The van der Waals surface area contributed by atoms with Crippen LogP contribution in [0.3, 0.4) is 0 Å². The SMILES string of the molecule is Cc1ccc([C@H]2c3c(oc4ccccc4c3=O)C(=O)N2c2nnc(C)s2)cc1. The minimum Gasteiger partial charge on any atom is -0.450 e. The Kier molecular flexibility index (Phi) is 3.67. The van der Waals surface area contributed by atoms with Gasteiger partial charge in [-0.05, 0) is 31.5 Å².